The minimum atomic E-state index is -1.07. The number of carboxylic acids is 1. The second kappa shape index (κ2) is 7.44. The molecule has 0 radical (unpaired) electrons. The van der Waals surface area contributed by atoms with Gasteiger partial charge in [-0.2, -0.15) is 0 Å². The molecule has 1 rings (SSSR count). The quantitative estimate of drug-likeness (QED) is 0.616. The van der Waals surface area contributed by atoms with Gasteiger partial charge in [0.2, 0.25) is 5.91 Å². The number of carbonyl (C=O) groups excluding carboxylic acids is 2. The number of primary amides is 1. The molecule has 6 nitrogen and oxygen atoms in total. The number of rotatable bonds is 6. The first kappa shape index (κ1) is 16.7. The molecule has 8 heteroatoms. The summed E-state index contributed by atoms with van der Waals surface area (Å²) in [6, 6.07) is 3.65. The molecule has 0 unspecified atom stereocenters. The van der Waals surface area contributed by atoms with Crippen LogP contribution in [0.4, 0.5) is 0 Å². The summed E-state index contributed by atoms with van der Waals surface area (Å²) in [5.74, 6) is -2.38. The summed E-state index contributed by atoms with van der Waals surface area (Å²) in [6.45, 7) is 0. The maximum Gasteiger partial charge on any atom is 0.303 e. The van der Waals surface area contributed by atoms with Gasteiger partial charge in [-0.15, -0.1) is 0 Å². The predicted molar refractivity (Wildman–Crippen MR) is 81.5 cm³/mol. The van der Waals surface area contributed by atoms with E-state index in [1.807, 2.05) is 22.6 Å². The molecular formula is C12H12ClIN2O4. The Hall–Kier alpha value is -1.35. The van der Waals surface area contributed by atoms with Gasteiger partial charge in [0.1, 0.15) is 6.04 Å². The van der Waals surface area contributed by atoms with Crippen molar-refractivity contribution in [3.05, 3.63) is 32.4 Å². The molecule has 0 saturated heterocycles. The van der Waals surface area contributed by atoms with E-state index in [1.54, 1.807) is 12.1 Å². The van der Waals surface area contributed by atoms with E-state index in [-0.39, 0.29) is 18.4 Å². The second-order valence-corrected chi connectivity index (χ2v) is 5.56. The van der Waals surface area contributed by atoms with E-state index in [2.05, 4.69) is 5.32 Å². The van der Waals surface area contributed by atoms with E-state index in [9.17, 15) is 14.4 Å². The molecule has 0 fully saturated rings. The molecule has 108 valence electrons. The zero-order valence-electron chi connectivity index (χ0n) is 10.2. The van der Waals surface area contributed by atoms with Gasteiger partial charge in [-0.1, -0.05) is 11.6 Å². The van der Waals surface area contributed by atoms with Crippen molar-refractivity contribution in [1.29, 1.82) is 0 Å². The molecule has 0 spiro atoms. The van der Waals surface area contributed by atoms with E-state index in [1.165, 1.54) is 6.07 Å². The molecule has 0 aliphatic heterocycles. The summed E-state index contributed by atoms with van der Waals surface area (Å²) in [5, 5.41) is 11.4. The number of carbonyl (C=O) groups is 3. The number of amides is 2. The SMILES string of the molecule is NC(=O)[C@@H](CCC(=O)O)NC(=O)c1ccc(I)c(Cl)c1. The van der Waals surface area contributed by atoms with Crippen molar-refractivity contribution in [2.24, 2.45) is 5.73 Å². The summed E-state index contributed by atoms with van der Waals surface area (Å²) in [7, 11) is 0. The summed E-state index contributed by atoms with van der Waals surface area (Å²) in [5.41, 5.74) is 5.40. The minimum absolute atomic E-state index is 0.0610. The lowest BCUT2D eigenvalue weighted by Crippen LogP contribution is -2.44. The van der Waals surface area contributed by atoms with Gasteiger partial charge in [-0.3, -0.25) is 14.4 Å². The number of nitrogens with one attached hydrogen (secondary N) is 1. The molecule has 0 saturated carbocycles. The molecule has 20 heavy (non-hydrogen) atoms. The van der Waals surface area contributed by atoms with Crippen LogP contribution < -0.4 is 11.1 Å². The van der Waals surface area contributed by atoms with Crippen molar-refractivity contribution >= 4 is 52.0 Å². The predicted octanol–water partition coefficient (Wildman–Crippen LogP) is 1.39. The Morgan fingerprint density at radius 1 is 1.40 bits per heavy atom. The fraction of sp³-hybridized carbons (Fsp3) is 0.250. The Balaban J connectivity index is 2.77. The van der Waals surface area contributed by atoms with Crippen molar-refractivity contribution in [2.75, 3.05) is 0 Å². The average Bonchev–Trinajstić information content (AvgIpc) is 2.36. The maximum absolute atomic E-state index is 11.9. The lowest BCUT2D eigenvalue weighted by molar-refractivity contribution is -0.137. The Kier molecular flexibility index (Phi) is 6.21. The number of halogens is 2. The van der Waals surface area contributed by atoms with Crippen molar-refractivity contribution in [2.45, 2.75) is 18.9 Å². The van der Waals surface area contributed by atoms with Crippen LogP contribution in [0.25, 0.3) is 0 Å². The molecule has 0 aliphatic rings. The third kappa shape index (κ3) is 4.97. The molecule has 0 aliphatic carbocycles. The summed E-state index contributed by atoms with van der Waals surface area (Å²) in [6.07, 6.45) is -0.324. The van der Waals surface area contributed by atoms with E-state index >= 15 is 0 Å². The topological polar surface area (TPSA) is 109 Å². The molecule has 4 N–H and O–H groups in total. The van der Waals surface area contributed by atoms with Crippen LogP contribution in [0.5, 0.6) is 0 Å². The second-order valence-electron chi connectivity index (χ2n) is 3.99. The fourth-order valence-corrected chi connectivity index (χ4v) is 1.95. The van der Waals surface area contributed by atoms with Crippen LogP contribution in [0.2, 0.25) is 5.02 Å². The number of nitrogens with two attached hydrogens (primary N) is 1. The summed E-state index contributed by atoms with van der Waals surface area (Å²) >= 11 is 7.92. The van der Waals surface area contributed by atoms with Crippen molar-refractivity contribution in [3.8, 4) is 0 Å². The molecule has 2 amide bonds. The number of carboxylic acid groups (broad SMARTS) is 1. The highest BCUT2D eigenvalue weighted by Gasteiger charge is 2.20. The minimum Gasteiger partial charge on any atom is -0.481 e. The summed E-state index contributed by atoms with van der Waals surface area (Å²) in [4.78, 5) is 33.6. The summed E-state index contributed by atoms with van der Waals surface area (Å²) < 4.78 is 0.790. The molecular weight excluding hydrogens is 398 g/mol. The Morgan fingerprint density at radius 3 is 2.55 bits per heavy atom. The smallest absolute Gasteiger partial charge is 0.303 e. The van der Waals surface area contributed by atoms with Crippen molar-refractivity contribution < 1.29 is 19.5 Å². The van der Waals surface area contributed by atoms with Crippen molar-refractivity contribution in [3.63, 3.8) is 0 Å². The van der Waals surface area contributed by atoms with Crippen LogP contribution in [-0.2, 0) is 9.59 Å². The van der Waals surface area contributed by atoms with Gasteiger partial charge in [0, 0.05) is 15.6 Å². The Bertz CT molecular complexity index is 550. The fourth-order valence-electron chi connectivity index (χ4n) is 1.43. The highest BCUT2D eigenvalue weighted by atomic mass is 127. The number of hydrogen-bond donors (Lipinski definition) is 3. The monoisotopic (exact) mass is 410 g/mol. The van der Waals surface area contributed by atoms with Crippen LogP contribution in [0.15, 0.2) is 18.2 Å². The molecule has 1 aromatic rings. The zero-order valence-corrected chi connectivity index (χ0v) is 13.1. The Labute approximate surface area is 133 Å². The van der Waals surface area contributed by atoms with E-state index in [4.69, 9.17) is 22.4 Å². The van der Waals surface area contributed by atoms with Crippen LogP contribution in [0, 0.1) is 3.57 Å². The van der Waals surface area contributed by atoms with E-state index < -0.39 is 23.8 Å². The van der Waals surface area contributed by atoms with Gasteiger partial charge in [0.05, 0.1) is 5.02 Å². The van der Waals surface area contributed by atoms with Crippen LogP contribution >= 0.6 is 34.2 Å². The molecule has 1 atom stereocenters. The first-order valence-electron chi connectivity index (χ1n) is 5.58. The van der Waals surface area contributed by atoms with E-state index in [0.29, 0.717) is 5.02 Å². The van der Waals surface area contributed by atoms with Gasteiger partial charge in [-0.25, -0.2) is 0 Å². The number of benzene rings is 1. The zero-order chi connectivity index (χ0) is 15.3. The molecule has 0 bridgehead atoms. The number of aliphatic carboxylic acids is 1. The highest BCUT2D eigenvalue weighted by molar-refractivity contribution is 14.1. The lowest BCUT2D eigenvalue weighted by Gasteiger charge is -2.14. The van der Waals surface area contributed by atoms with Crippen LogP contribution in [0.1, 0.15) is 23.2 Å². The normalized spacial score (nSPS) is 11.7. The van der Waals surface area contributed by atoms with Crippen molar-refractivity contribution in [1.82, 2.24) is 5.32 Å². The first-order chi connectivity index (χ1) is 9.31. The van der Waals surface area contributed by atoms with Gasteiger partial charge in [-0.05, 0) is 47.2 Å². The van der Waals surface area contributed by atoms with Crippen LogP contribution in [0.3, 0.4) is 0 Å². The van der Waals surface area contributed by atoms with Gasteiger partial charge in [0.25, 0.3) is 5.91 Å². The van der Waals surface area contributed by atoms with Crippen LogP contribution in [-0.4, -0.2) is 28.9 Å². The van der Waals surface area contributed by atoms with E-state index in [0.717, 1.165) is 3.57 Å². The van der Waals surface area contributed by atoms with Gasteiger partial charge in [0.15, 0.2) is 0 Å². The highest BCUT2D eigenvalue weighted by Crippen LogP contribution is 2.19. The molecule has 1 aromatic carbocycles. The third-order valence-electron chi connectivity index (χ3n) is 2.48. The average molecular weight is 411 g/mol. The van der Waals surface area contributed by atoms with Gasteiger partial charge >= 0.3 is 5.97 Å². The Morgan fingerprint density at radius 2 is 2.05 bits per heavy atom. The number of hydrogen-bond acceptors (Lipinski definition) is 3. The van der Waals surface area contributed by atoms with Gasteiger partial charge < -0.3 is 16.2 Å². The largest absolute Gasteiger partial charge is 0.481 e. The third-order valence-corrected chi connectivity index (χ3v) is 4.05. The molecule has 0 heterocycles. The maximum atomic E-state index is 11.9. The standard InChI is InChI=1S/C12H12ClIN2O4/c13-7-5-6(1-2-8(7)14)12(20)16-9(11(15)19)3-4-10(17)18/h1-2,5,9H,3-4H2,(H2,15,19)(H,16,20)(H,17,18)/t9-/m1/s1. The molecule has 0 aromatic heterocycles. The first-order valence-corrected chi connectivity index (χ1v) is 7.04. The lowest BCUT2D eigenvalue weighted by atomic mass is 10.1.